The van der Waals surface area contributed by atoms with E-state index in [9.17, 15) is 9.50 Å². The third-order valence-corrected chi connectivity index (χ3v) is 3.46. The Morgan fingerprint density at radius 1 is 1.13 bits per heavy atom. The Kier molecular flexibility index (Phi) is 4.29. The van der Waals surface area contributed by atoms with Gasteiger partial charge < -0.3 is 10.4 Å². The third kappa shape index (κ3) is 3.51. The molecule has 0 aliphatic rings. The highest BCUT2D eigenvalue weighted by atomic mass is 19.1. The van der Waals surface area contributed by atoms with Crippen molar-refractivity contribution in [2.75, 3.05) is 11.9 Å². The number of rotatable bonds is 5. The van der Waals surface area contributed by atoms with Crippen LogP contribution in [0.25, 0.3) is 5.69 Å². The normalized spacial score (nSPS) is 12.1. The van der Waals surface area contributed by atoms with Gasteiger partial charge in [-0.05, 0) is 47.2 Å². The van der Waals surface area contributed by atoms with Gasteiger partial charge in [0.2, 0.25) is 5.95 Å². The summed E-state index contributed by atoms with van der Waals surface area (Å²) in [6.45, 7) is 2.21. The van der Waals surface area contributed by atoms with Gasteiger partial charge in [-0.15, -0.1) is 0 Å². The summed E-state index contributed by atoms with van der Waals surface area (Å²) in [6.07, 6.45) is -0.793. The molecule has 7 heteroatoms. The SMILES string of the molecule is Cc1ccc(-n2nnnc2NCC(O)c2ccc(F)cc2)cc1. The molecule has 0 spiro atoms. The Bertz CT molecular complexity index is 770. The fraction of sp³-hybridized carbons (Fsp3) is 0.188. The molecule has 1 aromatic heterocycles. The van der Waals surface area contributed by atoms with Gasteiger partial charge >= 0.3 is 0 Å². The van der Waals surface area contributed by atoms with Crippen molar-refractivity contribution in [3.8, 4) is 5.69 Å². The summed E-state index contributed by atoms with van der Waals surface area (Å²) in [5, 5.41) is 24.7. The first-order chi connectivity index (χ1) is 11.1. The van der Waals surface area contributed by atoms with E-state index in [1.54, 1.807) is 16.8 Å². The lowest BCUT2D eigenvalue weighted by atomic mass is 10.1. The van der Waals surface area contributed by atoms with Crippen molar-refractivity contribution >= 4 is 5.95 Å². The van der Waals surface area contributed by atoms with E-state index in [4.69, 9.17) is 0 Å². The number of aliphatic hydroxyl groups excluding tert-OH is 1. The fourth-order valence-corrected chi connectivity index (χ4v) is 2.15. The smallest absolute Gasteiger partial charge is 0.247 e. The number of benzene rings is 2. The number of aromatic nitrogens is 4. The van der Waals surface area contributed by atoms with Gasteiger partial charge in [-0.1, -0.05) is 34.9 Å². The summed E-state index contributed by atoms with van der Waals surface area (Å²) in [5.41, 5.74) is 2.58. The average Bonchev–Trinajstić information content (AvgIpc) is 3.02. The zero-order chi connectivity index (χ0) is 16.2. The van der Waals surface area contributed by atoms with E-state index in [0.29, 0.717) is 11.5 Å². The molecule has 2 aromatic carbocycles. The van der Waals surface area contributed by atoms with Crippen LogP contribution in [0.15, 0.2) is 48.5 Å². The number of nitrogens with zero attached hydrogens (tertiary/aromatic N) is 4. The van der Waals surface area contributed by atoms with Gasteiger partial charge in [-0.3, -0.25) is 0 Å². The second-order valence-corrected chi connectivity index (χ2v) is 5.20. The molecule has 2 N–H and O–H groups in total. The number of aryl methyl sites for hydroxylation is 1. The molecule has 0 aliphatic heterocycles. The van der Waals surface area contributed by atoms with Crippen molar-refractivity contribution in [3.05, 3.63) is 65.5 Å². The van der Waals surface area contributed by atoms with E-state index < -0.39 is 6.10 Å². The second-order valence-electron chi connectivity index (χ2n) is 5.20. The first-order valence-electron chi connectivity index (χ1n) is 7.16. The number of aliphatic hydroxyl groups is 1. The first kappa shape index (κ1) is 15.1. The summed E-state index contributed by atoms with van der Waals surface area (Å²) in [6, 6.07) is 13.5. The van der Waals surface area contributed by atoms with Crippen LogP contribution in [0.4, 0.5) is 10.3 Å². The number of halogens is 1. The van der Waals surface area contributed by atoms with E-state index >= 15 is 0 Å². The molecule has 3 rings (SSSR count). The van der Waals surface area contributed by atoms with Gasteiger partial charge in [0.25, 0.3) is 0 Å². The molecular weight excluding hydrogens is 297 g/mol. The van der Waals surface area contributed by atoms with Crippen molar-refractivity contribution in [3.63, 3.8) is 0 Å². The largest absolute Gasteiger partial charge is 0.387 e. The topological polar surface area (TPSA) is 75.9 Å². The molecule has 6 nitrogen and oxygen atoms in total. The molecule has 1 unspecified atom stereocenters. The van der Waals surface area contributed by atoms with E-state index in [1.165, 1.54) is 12.1 Å². The average molecular weight is 313 g/mol. The van der Waals surface area contributed by atoms with Crippen molar-refractivity contribution in [1.29, 1.82) is 0 Å². The van der Waals surface area contributed by atoms with Crippen LogP contribution in [0.3, 0.4) is 0 Å². The van der Waals surface area contributed by atoms with Gasteiger partial charge in [0.1, 0.15) is 5.82 Å². The Morgan fingerprint density at radius 2 is 1.83 bits per heavy atom. The van der Waals surface area contributed by atoms with Gasteiger partial charge in [-0.25, -0.2) is 4.39 Å². The van der Waals surface area contributed by atoms with Crippen LogP contribution >= 0.6 is 0 Å². The van der Waals surface area contributed by atoms with Gasteiger partial charge in [0.05, 0.1) is 11.8 Å². The van der Waals surface area contributed by atoms with Crippen molar-refractivity contribution in [2.24, 2.45) is 0 Å². The predicted octanol–water partition coefficient (Wildman–Crippen LogP) is 2.26. The lowest BCUT2D eigenvalue weighted by molar-refractivity contribution is 0.191. The van der Waals surface area contributed by atoms with E-state index in [1.807, 2.05) is 31.2 Å². The minimum Gasteiger partial charge on any atom is -0.387 e. The van der Waals surface area contributed by atoms with Gasteiger partial charge in [-0.2, -0.15) is 4.68 Å². The van der Waals surface area contributed by atoms with Crippen LogP contribution in [0.5, 0.6) is 0 Å². The zero-order valence-electron chi connectivity index (χ0n) is 12.5. The molecule has 1 heterocycles. The molecule has 0 bridgehead atoms. The third-order valence-electron chi connectivity index (χ3n) is 3.46. The van der Waals surface area contributed by atoms with Crippen LogP contribution in [0.1, 0.15) is 17.2 Å². The number of nitrogens with one attached hydrogen (secondary N) is 1. The van der Waals surface area contributed by atoms with Crippen LogP contribution in [-0.4, -0.2) is 31.9 Å². The highest BCUT2D eigenvalue weighted by molar-refractivity contribution is 5.40. The van der Waals surface area contributed by atoms with E-state index in [0.717, 1.165) is 11.3 Å². The Labute approximate surface area is 132 Å². The molecule has 0 radical (unpaired) electrons. The maximum atomic E-state index is 12.9. The maximum absolute atomic E-state index is 12.9. The second kappa shape index (κ2) is 6.53. The molecule has 0 saturated carbocycles. The van der Waals surface area contributed by atoms with Crippen molar-refractivity contribution in [1.82, 2.24) is 20.2 Å². The van der Waals surface area contributed by atoms with Crippen LogP contribution in [-0.2, 0) is 0 Å². The molecule has 23 heavy (non-hydrogen) atoms. The molecule has 3 aromatic rings. The lowest BCUT2D eigenvalue weighted by Crippen LogP contribution is -2.15. The van der Waals surface area contributed by atoms with Crippen molar-refractivity contribution < 1.29 is 9.50 Å². The Balaban J connectivity index is 1.70. The van der Waals surface area contributed by atoms with Gasteiger partial charge in [0, 0.05) is 6.54 Å². The summed E-state index contributed by atoms with van der Waals surface area (Å²) in [7, 11) is 0. The molecule has 0 saturated heterocycles. The Morgan fingerprint density at radius 3 is 2.52 bits per heavy atom. The molecule has 0 fully saturated rings. The highest BCUT2D eigenvalue weighted by Gasteiger charge is 2.12. The minimum absolute atomic E-state index is 0.206. The molecular formula is C16H16FN5O. The van der Waals surface area contributed by atoms with Crippen LogP contribution < -0.4 is 5.32 Å². The van der Waals surface area contributed by atoms with Crippen LogP contribution in [0.2, 0.25) is 0 Å². The number of hydrogen-bond donors (Lipinski definition) is 2. The van der Waals surface area contributed by atoms with Gasteiger partial charge in [0.15, 0.2) is 0 Å². The molecule has 0 amide bonds. The number of anilines is 1. The fourth-order valence-electron chi connectivity index (χ4n) is 2.15. The summed E-state index contributed by atoms with van der Waals surface area (Å²) < 4.78 is 14.5. The van der Waals surface area contributed by atoms with E-state index in [2.05, 4.69) is 20.8 Å². The molecule has 0 aliphatic carbocycles. The summed E-state index contributed by atoms with van der Waals surface area (Å²) in [5.74, 6) is 0.0900. The van der Waals surface area contributed by atoms with Crippen LogP contribution in [0, 0.1) is 12.7 Å². The lowest BCUT2D eigenvalue weighted by Gasteiger charge is -2.12. The standard InChI is InChI=1S/C16H16FN5O/c1-11-2-8-14(9-3-11)22-16(19-20-21-22)18-10-15(23)12-4-6-13(17)7-5-12/h2-9,15,23H,10H2,1H3,(H,18,19,21). The van der Waals surface area contributed by atoms with Crippen molar-refractivity contribution in [2.45, 2.75) is 13.0 Å². The minimum atomic E-state index is -0.793. The molecule has 118 valence electrons. The number of tetrazole rings is 1. The summed E-state index contributed by atoms with van der Waals surface area (Å²) >= 11 is 0. The highest BCUT2D eigenvalue weighted by Crippen LogP contribution is 2.16. The monoisotopic (exact) mass is 313 g/mol. The van der Waals surface area contributed by atoms with E-state index in [-0.39, 0.29) is 12.4 Å². The zero-order valence-corrected chi connectivity index (χ0v) is 12.5. The molecule has 1 atom stereocenters. The number of hydrogen-bond acceptors (Lipinski definition) is 5. The maximum Gasteiger partial charge on any atom is 0.247 e. The first-order valence-corrected chi connectivity index (χ1v) is 7.16. The Hall–Kier alpha value is -2.80. The summed E-state index contributed by atoms with van der Waals surface area (Å²) in [4.78, 5) is 0. The predicted molar refractivity (Wildman–Crippen MR) is 83.7 cm³/mol. The quantitative estimate of drug-likeness (QED) is 0.755.